The van der Waals surface area contributed by atoms with Crippen LogP contribution < -0.4 is 0 Å². The van der Waals surface area contributed by atoms with E-state index in [0.717, 1.165) is 26.1 Å². The van der Waals surface area contributed by atoms with Crippen LogP contribution in [0.25, 0.3) is 0 Å². The Labute approximate surface area is 136 Å². The molecule has 2 aliphatic rings. The molecule has 1 atom stereocenters. The molecule has 2 aromatic heterocycles. The van der Waals surface area contributed by atoms with Gasteiger partial charge in [0.2, 0.25) is 0 Å². The van der Waals surface area contributed by atoms with Gasteiger partial charge in [0.25, 0.3) is 5.91 Å². The number of rotatable bonds is 4. The van der Waals surface area contributed by atoms with Gasteiger partial charge in [-0.05, 0) is 33.1 Å². The van der Waals surface area contributed by atoms with Crippen LogP contribution >= 0.6 is 0 Å². The number of likely N-dealkylation sites (tertiary alicyclic amines) is 1. The maximum Gasteiger partial charge on any atom is 0.257 e. The predicted octanol–water partition coefficient (Wildman–Crippen LogP) is 2.37. The lowest BCUT2D eigenvalue weighted by atomic mass is 10.2. The van der Waals surface area contributed by atoms with E-state index in [1.807, 2.05) is 24.2 Å². The van der Waals surface area contributed by atoms with E-state index in [1.54, 1.807) is 10.9 Å². The third-order valence-corrected chi connectivity index (χ3v) is 4.97. The van der Waals surface area contributed by atoms with Crippen LogP contribution in [-0.2, 0) is 6.54 Å². The summed E-state index contributed by atoms with van der Waals surface area (Å²) in [5.41, 5.74) is 1.90. The Kier molecular flexibility index (Phi) is 3.47. The maximum absolute atomic E-state index is 12.7. The number of nitrogens with zero attached hydrogens (tertiary/aromatic N) is 5. The molecule has 2 aromatic rings. The number of imidazole rings is 1. The molecular weight excluding hydrogens is 290 g/mol. The molecule has 1 unspecified atom stereocenters. The van der Waals surface area contributed by atoms with Gasteiger partial charge in [-0.25, -0.2) is 4.98 Å². The Balaban J connectivity index is 1.51. The minimum atomic E-state index is 0.0953. The first-order chi connectivity index (χ1) is 11.2. The first kappa shape index (κ1) is 14.5. The van der Waals surface area contributed by atoms with Crippen LogP contribution in [0.1, 0.15) is 60.0 Å². The third-order valence-electron chi connectivity index (χ3n) is 4.97. The number of hydrogen-bond donors (Lipinski definition) is 0. The summed E-state index contributed by atoms with van der Waals surface area (Å²) in [7, 11) is 0. The van der Waals surface area contributed by atoms with E-state index in [4.69, 9.17) is 0 Å². The number of aryl methyl sites for hydroxylation is 2. The van der Waals surface area contributed by atoms with Crippen LogP contribution in [0, 0.1) is 6.92 Å². The molecule has 2 fully saturated rings. The molecule has 0 radical (unpaired) electrons. The van der Waals surface area contributed by atoms with E-state index in [1.165, 1.54) is 24.4 Å². The molecule has 1 aliphatic heterocycles. The quantitative estimate of drug-likeness (QED) is 0.871. The third kappa shape index (κ3) is 2.56. The standard InChI is InChI=1S/C17H23N5O/c1-3-21-10-14(9-19-21)17(23)20-7-6-15(11-20)22-12(2)8-18-16(22)13-4-5-13/h8-10,13,15H,3-7,11H2,1-2H3. The van der Waals surface area contributed by atoms with Gasteiger partial charge in [-0.1, -0.05) is 0 Å². The van der Waals surface area contributed by atoms with Crippen LogP contribution in [0.4, 0.5) is 0 Å². The highest BCUT2D eigenvalue weighted by atomic mass is 16.2. The molecule has 3 heterocycles. The van der Waals surface area contributed by atoms with Crippen molar-refractivity contribution < 1.29 is 4.79 Å². The second-order valence-electron chi connectivity index (χ2n) is 6.68. The van der Waals surface area contributed by atoms with Gasteiger partial charge in [0.05, 0.1) is 17.8 Å². The molecular formula is C17H23N5O. The average molecular weight is 313 g/mol. The molecule has 23 heavy (non-hydrogen) atoms. The molecule has 0 aromatic carbocycles. The fraction of sp³-hybridized carbons (Fsp3) is 0.588. The SMILES string of the molecule is CCn1cc(C(=O)N2CCC(n3c(C)cnc3C3CC3)C2)cn1. The molecule has 6 heteroatoms. The largest absolute Gasteiger partial charge is 0.336 e. The normalized spacial score (nSPS) is 21.1. The number of carbonyl (C=O) groups excluding carboxylic acids is 1. The Morgan fingerprint density at radius 2 is 2.13 bits per heavy atom. The minimum absolute atomic E-state index is 0.0953. The van der Waals surface area contributed by atoms with Gasteiger partial charge in [-0.2, -0.15) is 5.10 Å². The van der Waals surface area contributed by atoms with E-state index in [-0.39, 0.29) is 5.91 Å². The minimum Gasteiger partial charge on any atom is -0.336 e. The Hall–Kier alpha value is -2.11. The number of hydrogen-bond acceptors (Lipinski definition) is 3. The Bertz CT molecular complexity index is 727. The molecule has 0 bridgehead atoms. The van der Waals surface area contributed by atoms with Gasteiger partial charge < -0.3 is 9.47 Å². The summed E-state index contributed by atoms with van der Waals surface area (Å²) in [5.74, 6) is 1.95. The van der Waals surface area contributed by atoms with Crippen LogP contribution in [0.3, 0.4) is 0 Å². The summed E-state index contributed by atoms with van der Waals surface area (Å²) in [6.45, 7) is 6.51. The molecule has 0 N–H and O–H groups in total. The fourth-order valence-corrected chi connectivity index (χ4v) is 3.55. The first-order valence-electron chi connectivity index (χ1n) is 8.52. The lowest BCUT2D eigenvalue weighted by molar-refractivity contribution is 0.0787. The highest BCUT2D eigenvalue weighted by molar-refractivity contribution is 5.93. The molecule has 1 aliphatic carbocycles. The van der Waals surface area contributed by atoms with E-state index < -0.39 is 0 Å². The van der Waals surface area contributed by atoms with Crippen molar-refractivity contribution in [2.24, 2.45) is 0 Å². The maximum atomic E-state index is 12.7. The summed E-state index contributed by atoms with van der Waals surface area (Å²) < 4.78 is 4.17. The molecule has 1 amide bonds. The van der Waals surface area contributed by atoms with Gasteiger partial charge in [-0.3, -0.25) is 9.48 Å². The van der Waals surface area contributed by atoms with Crippen molar-refractivity contribution in [3.63, 3.8) is 0 Å². The fourth-order valence-electron chi connectivity index (χ4n) is 3.55. The van der Waals surface area contributed by atoms with Crippen LogP contribution in [0.5, 0.6) is 0 Å². The van der Waals surface area contributed by atoms with Crippen molar-refractivity contribution in [3.05, 3.63) is 35.7 Å². The lowest BCUT2D eigenvalue weighted by Crippen LogP contribution is -2.29. The van der Waals surface area contributed by atoms with Gasteiger partial charge in [0.1, 0.15) is 5.82 Å². The topological polar surface area (TPSA) is 56.0 Å². The molecule has 122 valence electrons. The van der Waals surface area contributed by atoms with Crippen molar-refractivity contribution in [3.8, 4) is 0 Å². The number of aromatic nitrogens is 4. The van der Waals surface area contributed by atoms with E-state index in [0.29, 0.717) is 17.5 Å². The summed E-state index contributed by atoms with van der Waals surface area (Å²) in [6, 6.07) is 0.360. The van der Waals surface area contributed by atoms with E-state index >= 15 is 0 Å². The monoisotopic (exact) mass is 313 g/mol. The molecule has 4 rings (SSSR count). The second kappa shape index (κ2) is 5.51. The molecule has 0 spiro atoms. The summed E-state index contributed by atoms with van der Waals surface area (Å²) in [5, 5.41) is 4.21. The molecule has 1 saturated heterocycles. The first-order valence-corrected chi connectivity index (χ1v) is 8.52. The van der Waals surface area contributed by atoms with Crippen molar-refractivity contribution in [2.45, 2.75) is 51.6 Å². The van der Waals surface area contributed by atoms with Gasteiger partial charge in [-0.15, -0.1) is 0 Å². The van der Waals surface area contributed by atoms with Gasteiger partial charge >= 0.3 is 0 Å². The highest BCUT2D eigenvalue weighted by Gasteiger charge is 2.34. The van der Waals surface area contributed by atoms with Gasteiger partial charge in [0.15, 0.2) is 0 Å². The lowest BCUT2D eigenvalue weighted by Gasteiger charge is -2.19. The van der Waals surface area contributed by atoms with Crippen LogP contribution in [-0.4, -0.2) is 43.2 Å². The van der Waals surface area contributed by atoms with Crippen molar-refractivity contribution in [1.29, 1.82) is 0 Å². The van der Waals surface area contributed by atoms with Crippen LogP contribution in [0.15, 0.2) is 18.6 Å². The number of amides is 1. The van der Waals surface area contributed by atoms with E-state index in [2.05, 4.69) is 21.6 Å². The molecule has 1 saturated carbocycles. The van der Waals surface area contributed by atoms with Crippen LogP contribution in [0.2, 0.25) is 0 Å². The molecule has 6 nitrogen and oxygen atoms in total. The van der Waals surface area contributed by atoms with Crippen molar-refractivity contribution in [1.82, 2.24) is 24.2 Å². The van der Waals surface area contributed by atoms with E-state index in [9.17, 15) is 4.79 Å². The zero-order chi connectivity index (χ0) is 16.0. The predicted molar refractivity (Wildman–Crippen MR) is 86.4 cm³/mol. The smallest absolute Gasteiger partial charge is 0.257 e. The average Bonchev–Trinajstić information content (AvgIpc) is 2.99. The zero-order valence-corrected chi connectivity index (χ0v) is 13.8. The zero-order valence-electron chi connectivity index (χ0n) is 13.8. The second-order valence-corrected chi connectivity index (χ2v) is 6.68. The van der Waals surface area contributed by atoms with Crippen molar-refractivity contribution >= 4 is 5.91 Å². The Morgan fingerprint density at radius 3 is 2.83 bits per heavy atom. The summed E-state index contributed by atoms with van der Waals surface area (Å²) in [4.78, 5) is 19.2. The van der Waals surface area contributed by atoms with Crippen molar-refractivity contribution in [2.75, 3.05) is 13.1 Å². The highest BCUT2D eigenvalue weighted by Crippen LogP contribution is 2.41. The number of carbonyl (C=O) groups is 1. The van der Waals surface area contributed by atoms with Gasteiger partial charge in [0, 0.05) is 43.6 Å². The Morgan fingerprint density at radius 1 is 1.30 bits per heavy atom. The summed E-state index contributed by atoms with van der Waals surface area (Å²) in [6.07, 6.45) is 9.00. The summed E-state index contributed by atoms with van der Waals surface area (Å²) >= 11 is 0.